The molecule has 0 saturated heterocycles. The smallest absolute Gasteiger partial charge is 0.135 e. The molecule has 4 nitrogen and oxygen atoms in total. The summed E-state index contributed by atoms with van der Waals surface area (Å²) >= 11 is 0. The third-order valence-corrected chi connectivity index (χ3v) is 3.34. The predicted molar refractivity (Wildman–Crippen MR) is 72.4 cm³/mol. The third kappa shape index (κ3) is 2.63. The van der Waals surface area contributed by atoms with Crippen LogP contribution in [-0.2, 0) is 6.42 Å². The van der Waals surface area contributed by atoms with Crippen molar-refractivity contribution in [3.8, 4) is 5.75 Å². The molecule has 0 aliphatic carbocycles. The molecular formula is C15H19NO3. The summed E-state index contributed by atoms with van der Waals surface area (Å²) in [6, 6.07) is 1.84. The van der Waals surface area contributed by atoms with Crippen LogP contribution in [0.5, 0.6) is 5.75 Å². The van der Waals surface area contributed by atoms with Gasteiger partial charge in [-0.2, -0.15) is 0 Å². The van der Waals surface area contributed by atoms with E-state index in [9.17, 15) is 5.11 Å². The molecule has 0 spiro atoms. The molecule has 2 rings (SSSR count). The summed E-state index contributed by atoms with van der Waals surface area (Å²) in [7, 11) is 1.65. The van der Waals surface area contributed by atoms with E-state index in [1.807, 2.05) is 26.8 Å². The summed E-state index contributed by atoms with van der Waals surface area (Å²) in [6.07, 6.45) is 3.08. The van der Waals surface area contributed by atoms with E-state index >= 15 is 0 Å². The first-order chi connectivity index (χ1) is 9.04. The van der Waals surface area contributed by atoms with Crippen molar-refractivity contribution in [2.75, 3.05) is 7.11 Å². The van der Waals surface area contributed by atoms with Crippen LogP contribution >= 0.6 is 0 Å². The minimum atomic E-state index is -0.686. The van der Waals surface area contributed by atoms with Crippen molar-refractivity contribution < 1.29 is 14.3 Å². The molecule has 0 amide bonds. The molecule has 2 aromatic rings. The maximum Gasteiger partial charge on any atom is 0.135 e. The number of aromatic nitrogens is 1. The van der Waals surface area contributed by atoms with E-state index in [-0.39, 0.29) is 0 Å². The molecule has 2 heterocycles. The van der Waals surface area contributed by atoms with E-state index in [2.05, 4.69) is 4.98 Å². The Morgan fingerprint density at radius 2 is 2.05 bits per heavy atom. The van der Waals surface area contributed by atoms with E-state index in [0.29, 0.717) is 12.2 Å². The highest BCUT2D eigenvalue weighted by Crippen LogP contribution is 2.28. The van der Waals surface area contributed by atoms with Crippen LogP contribution in [0.4, 0.5) is 0 Å². The lowest BCUT2D eigenvalue weighted by Gasteiger charge is -2.14. The molecule has 1 unspecified atom stereocenters. The average molecular weight is 261 g/mol. The van der Waals surface area contributed by atoms with Crippen molar-refractivity contribution in [2.45, 2.75) is 33.3 Å². The number of furan rings is 1. The average Bonchev–Trinajstić information content (AvgIpc) is 2.80. The maximum absolute atomic E-state index is 10.2. The number of hydrogen-bond donors (Lipinski definition) is 1. The lowest BCUT2D eigenvalue weighted by atomic mass is 10.0. The van der Waals surface area contributed by atoms with Crippen LogP contribution in [0.25, 0.3) is 0 Å². The van der Waals surface area contributed by atoms with E-state index in [0.717, 1.165) is 28.1 Å². The van der Waals surface area contributed by atoms with Gasteiger partial charge in [-0.05, 0) is 32.4 Å². The fourth-order valence-electron chi connectivity index (χ4n) is 2.28. The van der Waals surface area contributed by atoms with Crippen molar-refractivity contribution in [1.82, 2.24) is 4.98 Å². The van der Waals surface area contributed by atoms with Crippen LogP contribution in [0.2, 0.25) is 0 Å². The van der Waals surface area contributed by atoms with Crippen molar-refractivity contribution in [3.05, 3.63) is 46.7 Å². The Morgan fingerprint density at radius 3 is 2.63 bits per heavy atom. The van der Waals surface area contributed by atoms with Gasteiger partial charge in [0.15, 0.2) is 0 Å². The highest BCUT2D eigenvalue weighted by molar-refractivity contribution is 5.41. The molecule has 0 aliphatic rings. The highest BCUT2D eigenvalue weighted by atomic mass is 16.5. The minimum absolute atomic E-state index is 0.414. The standard InChI is InChI=1S/C15H19NO3/c1-9-5-6-19-15(9)13(17)7-12-11(3)14(18-4)10(2)8-16-12/h5-6,8,13,17H,7H2,1-4H3. The van der Waals surface area contributed by atoms with Gasteiger partial charge in [0.05, 0.1) is 13.4 Å². The highest BCUT2D eigenvalue weighted by Gasteiger charge is 2.18. The van der Waals surface area contributed by atoms with Gasteiger partial charge in [0, 0.05) is 29.4 Å². The van der Waals surface area contributed by atoms with Crippen LogP contribution in [0.1, 0.15) is 34.2 Å². The number of rotatable bonds is 4. The maximum atomic E-state index is 10.2. The zero-order valence-electron chi connectivity index (χ0n) is 11.7. The van der Waals surface area contributed by atoms with Gasteiger partial charge in [0.1, 0.15) is 17.6 Å². The fourth-order valence-corrected chi connectivity index (χ4v) is 2.28. The van der Waals surface area contributed by atoms with E-state index in [1.165, 1.54) is 0 Å². The fraction of sp³-hybridized carbons (Fsp3) is 0.400. The third-order valence-electron chi connectivity index (χ3n) is 3.34. The van der Waals surface area contributed by atoms with Crippen molar-refractivity contribution >= 4 is 0 Å². The molecule has 0 aromatic carbocycles. The molecule has 0 aliphatic heterocycles. The van der Waals surface area contributed by atoms with Gasteiger partial charge in [0.2, 0.25) is 0 Å². The van der Waals surface area contributed by atoms with Crippen molar-refractivity contribution in [3.63, 3.8) is 0 Å². The van der Waals surface area contributed by atoms with Gasteiger partial charge in [-0.25, -0.2) is 0 Å². The van der Waals surface area contributed by atoms with Gasteiger partial charge in [0.25, 0.3) is 0 Å². The Morgan fingerprint density at radius 1 is 1.32 bits per heavy atom. The molecule has 0 bridgehead atoms. The molecule has 0 fully saturated rings. The van der Waals surface area contributed by atoms with Crippen LogP contribution in [0.15, 0.2) is 22.9 Å². The summed E-state index contributed by atoms with van der Waals surface area (Å²) in [6.45, 7) is 5.82. The number of aryl methyl sites for hydroxylation is 2. The van der Waals surface area contributed by atoms with Crippen LogP contribution in [0, 0.1) is 20.8 Å². The van der Waals surface area contributed by atoms with Gasteiger partial charge in [-0.1, -0.05) is 0 Å². The van der Waals surface area contributed by atoms with E-state index in [4.69, 9.17) is 9.15 Å². The summed E-state index contributed by atoms with van der Waals surface area (Å²) in [5.74, 6) is 1.43. The predicted octanol–water partition coefficient (Wildman–Crippen LogP) is 2.88. The van der Waals surface area contributed by atoms with Crippen LogP contribution < -0.4 is 4.74 Å². The Hall–Kier alpha value is -1.81. The zero-order chi connectivity index (χ0) is 14.0. The molecular weight excluding hydrogens is 242 g/mol. The molecule has 102 valence electrons. The number of nitrogens with zero attached hydrogens (tertiary/aromatic N) is 1. The lowest BCUT2D eigenvalue weighted by Crippen LogP contribution is -2.07. The summed E-state index contributed by atoms with van der Waals surface area (Å²) in [5.41, 5.74) is 3.73. The lowest BCUT2D eigenvalue weighted by molar-refractivity contribution is 0.148. The monoisotopic (exact) mass is 261 g/mol. The van der Waals surface area contributed by atoms with Crippen LogP contribution in [-0.4, -0.2) is 17.2 Å². The van der Waals surface area contributed by atoms with E-state index < -0.39 is 6.10 Å². The van der Waals surface area contributed by atoms with E-state index in [1.54, 1.807) is 19.6 Å². The second kappa shape index (κ2) is 5.45. The molecule has 0 radical (unpaired) electrons. The van der Waals surface area contributed by atoms with Crippen LogP contribution in [0.3, 0.4) is 0 Å². The number of methoxy groups -OCH3 is 1. The summed E-state index contributed by atoms with van der Waals surface area (Å²) in [4.78, 5) is 4.38. The number of aliphatic hydroxyl groups is 1. The van der Waals surface area contributed by atoms with Crippen molar-refractivity contribution in [2.24, 2.45) is 0 Å². The first kappa shape index (κ1) is 13.6. The Labute approximate surface area is 113 Å². The summed E-state index contributed by atoms with van der Waals surface area (Å²) in [5, 5.41) is 10.2. The Bertz CT molecular complexity index is 575. The molecule has 19 heavy (non-hydrogen) atoms. The quantitative estimate of drug-likeness (QED) is 0.919. The number of aliphatic hydroxyl groups excluding tert-OH is 1. The molecule has 2 aromatic heterocycles. The number of pyridine rings is 1. The zero-order valence-corrected chi connectivity index (χ0v) is 11.7. The SMILES string of the molecule is COc1c(C)cnc(CC(O)c2occc2C)c1C. The molecule has 1 N–H and O–H groups in total. The Kier molecular flexibility index (Phi) is 3.90. The second-order valence-electron chi connectivity index (χ2n) is 4.73. The van der Waals surface area contributed by atoms with Gasteiger partial charge >= 0.3 is 0 Å². The molecule has 1 atom stereocenters. The molecule has 4 heteroatoms. The number of hydrogen-bond acceptors (Lipinski definition) is 4. The largest absolute Gasteiger partial charge is 0.496 e. The first-order valence-electron chi connectivity index (χ1n) is 6.25. The minimum Gasteiger partial charge on any atom is -0.496 e. The number of ether oxygens (including phenoxy) is 1. The summed E-state index contributed by atoms with van der Waals surface area (Å²) < 4.78 is 10.7. The van der Waals surface area contributed by atoms with Gasteiger partial charge in [-0.3, -0.25) is 4.98 Å². The second-order valence-corrected chi connectivity index (χ2v) is 4.73. The van der Waals surface area contributed by atoms with Crippen molar-refractivity contribution in [1.29, 1.82) is 0 Å². The Balaban J connectivity index is 2.27. The van der Waals surface area contributed by atoms with Gasteiger partial charge < -0.3 is 14.3 Å². The first-order valence-corrected chi connectivity index (χ1v) is 6.25. The normalized spacial score (nSPS) is 12.5. The van der Waals surface area contributed by atoms with Gasteiger partial charge in [-0.15, -0.1) is 0 Å². The molecule has 0 saturated carbocycles. The topological polar surface area (TPSA) is 55.5 Å².